The first-order valence-corrected chi connectivity index (χ1v) is 7.95. The summed E-state index contributed by atoms with van der Waals surface area (Å²) in [4.78, 5) is 14.3. The van der Waals surface area contributed by atoms with Gasteiger partial charge in [-0.05, 0) is 32.1 Å². The van der Waals surface area contributed by atoms with Crippen molar-refractivity contribution in [2.45, 2.75) is 20.0 Å². The molecule has 0 spiro atoms. The van der Waals surface area contributed by atoms with Crippen LogP contribution >= 0.6 is 0 Å². The number of rotatable bonds is 4. The number of hydrogen-bond acceptors (Lipinski definition) is 3. The zero-order chi connectivity index (χ0) is 17.3. The molecule has 0 atom stereocenters. The van der Waals surface area contributed by atoms with Crippen molar-refractivity contribution in [1.29, 1.82) is 0 Å². The Kier molecular flexibility index (Phi) is 4.30. The third kappa shape index (κ3) is 2.75. The molecule has 24 heavy (non-hydrogen) atoms. The highest BCUT2D eigenvalue weighted by atomic mass is 16.5. The first-order valence-electron chi connectivity index (χ1n) is 7.95. The maximum absolute atomic E-state index is 12.6. The highest BCUT2D eigenvalue weighted by molar-refractivity contribution is 6.35. The van der Waals surface area contributed by atoms with E-state index in [1.807, 2.05) is 62.4 Å². The molecular formula is C20H21NO3. The van der Waals surface area contributed by atoms with Crippen molar-refractivity contribution >= 4 is 23.2 Å². The Morgan fingerprint density at radius 3 is 2.54 bits per heavy atom. The van der Waals surface area contributed by atoms with E-state index in [1.54, 1.807) is 19.1 Å². The van der Waals surface area contributed by atoms with Gasteiger partial charge in [0.2, 0.25) is 0 Å². The zero-order valence-electron chi connectivity index (χ0n) is 14.4. The molecule has 1 aliphatic rings. The maximum atomic E-state index is 12.6. The number of amides is 1. The fraction of sp³-hybridized carbons (Fsp3) is 0.250. The molecule has 0 unspecified atom stereocenters. The summed E-state index contributed by atoms with van der Waals surface area (Å²) in [6, 6.07) is 13.5. The van der Waals surface area contributed by atoms with Crippen molar-refractivity contribution in [3.63, 3.8) is 0 Å². The largest absolute Gasteiger partial charge is 0.493 e. The first-order chi connectivity index (χ1) is 11.5. The van der Waals surface area contributed by atoms with Crippen molar-refractivity contribution in [2.24, 2.45) is 0 Å². The highest BCUT2D eigenvalue weighted by Gasteiger charge is 2.29. The Morgan fingerprint density at radius 1 is 1.08 bits per heavy atom. The van der Waals surface area contributed by atoms with E-state index in [4.69, 9.17) is 9.47 Å². The molecular weight excluding hydrogens is 302 g/mol. The zero-order valence-corrected chi connectivity index (χ0v) is 14.4. The average Bonchev–Trinajstić information content (AvgIpc) is 2.81. The van der Waals surface area contributed by atoms with Gasteiger partial charge < -0.3 is 14.4 Å². The lowest BCUT2D eigenvalue weighted by Crippen LogP contribution is -2.20. The molecule has 0 aliphatic carbocycles. The predicted octanol–water partition coefficient (Wildman–Crippen LogP) is 4.00. The maximum Gasteiger partial charge on any atom is 0.258 e. The van der Waals surface area contributed by atoms with Crippen LogP contribution in [-0.2, 0) is 4.79 Å². The molecule has 4 nitrogen and oxygen atoms in total. The Balaban J connectivity index is 2.14. The second kappa shape index (κ2) is 6.40. The molecule has 2 aromatic rings. The number of likely N-dealkylation sites (N-methyl/N-ethyl adjacent to an activating group) is 1. The minimum atomic E-state index is -0.0190. The van der Waals surface area contributed by atoms with Crippen LogP contribution in [0, 0.1) is 0 Å². The van der Waals surface area contributed by atoms with E-state index in [9.17, 15) is 4.79 Å². The Labute approximate surface area is 142 Å². The lowest BCUT2D eigenvalue weighted by atomic mass is 10.0. The molecule has 2 aromatic carbocycles. The molecule has 0 bridgehead atoms. The molecule has 0 aromatic heterocycles. The monoisotopic (exact) mass is 323 g/mol. The number of hydrogen-bond donors (Lipinski definition) is 0. The van der Waals surface area contributed by atoms with Crippen LogP contribution in [0.5, 0.6) is 11.5 Å². The van der Waals surface area contributed by atoms with Crippen LogP contribution in [-0.4, -0.2) is 26.2 Å². The minimum Gasteiger partial charge on any atom is -0.493 e. The van der Waals surface area contributed by atoms with Crippen LogP contribution in [0.1, 0.15) is 25.0 Å². The summed E-state index contributed by atoms with van der Waals surface area (Å²) in [6.45, 7) is 3.93. The average molecular weight is 323 g/mol. The quantitative estimate of drug-likeness (QED) is 0.798. The molecule has 0 N–H and O–H groups in total. The van der Waals surface area contributed by atoms with E-state index in [1.165, 1.54) is 0 Å². The van der Waals surface area contributed by atoms with Gasteiger partial charge in [-0.25, -0.2) is 0 Å². The number of anilines is 1. The van der Waals surface area contributed by atoms with Crippen molar-refractivity contribution < 1.29 is 14.3 Å². The first kappa shape index (κ1) is 16.1. The Hall–Kier alpha value is -2.75. The molecule has 3 rings (SSSR count). The normalized spacial score (nSPS) is 15.1. The van der Waals surface area contributed by atoms with E-state index >= 15 is 0 Å². The summed E-state index contributed by atoms with van der Waals surface area (Å²) in [5.41, 5.74) is 3.35. The van der Waals surface area contributed by atoms with Gasteiger partial charge in [0.1, 0.15) is 0 Å². The summed E-state index contributed by atoms with van der Waals surface area (Å²) in [7, 11) is 3.41. The molecule has 124 valence electrons. The van der Waals surface area contributed by atoms with Crippen molar-refractivity contribution in [2.75, 3.05) is 19.1 Å². The molecule has 4 heteroatoms. The Bertz CT molecular complexity index is 808. The van der Waals surface area contributed by atoms with Crippen LogP contribution < -0.4 is 14.4 Å². The van der Waals surface area contributed by atoms with Crippen LogP contribution in [0.4, 0.5) is 5.69 Å². The highest BCUT2D eigenvalue weighted by Crippen LogP contribution is 2.39. The topological polar surface area (TPSA) is 38.8 Å². The second-order valence-corrected chi connectivity index (χ2v) is 5.98. The van der Waals surface area contributed by atoms with Crippen LogP contribution in [0.25, 0.3) is 11.6 Å². The third-order valence-corrected chi connectivity index (χ3v) is 3.97. The number of carbonyl (C=O) groups excluding carboxylic acids is 1. The van der Waals surface area contributed by atoms with E-state index in [0.717, 1.165) is 16.8 Å². The summed E-state index contributed by atoms with van der Waals surface area (Å²) in [6.07, 6.45) is 1.89. The number of benzene rings is 2. The summed E-state index contributed by atoms with van der Waals surface area (Å²) < 4.78 is 11.4. The van der Waals surface area contributed by atoms with Gasteiger partial charge in [0, 0.05) is 23.7 Å². The van der Waals surface area contributed by atoms with Crippen LogP contribution in [0.3, 0.4) is 0 Å². The lowest BCUT2D eigenvalue weighted by molar-refractivity contribution is -0.112. The third-order valence-electron chi connectivity index (χ3n) is 3.97. The van der Waals surface area contributed by atoms with Crippen LogP contribution in [0.15, 0.2) is 42.5 Å². The summed E-state index contributed by atoms with van der Waals surface area (Å²) >= 11 is 0. The van der Waals surface area contributed by atoms with Gasteiger partial charge in [0.15, 0.2) is 11.5 Å². The number of nitrogens with zero attached hydrogens (tertiary/aromatic N) is 1. The van der Waals surface area contributed by atoms with Gasteiger partial charge in [0.25, 0.3) is 5.91 Å². The van der Waals surface area contributed by atoms with Crippen LogP contribution in [0.2, 0.25) is 0 Å². The van der Waals surface area contributed by atoms with Gasteiger partial charge >= 0.3 is 0 Å². The lowest BCUT2D eigenvalue weighted by Gasteiger charge is -2.16. The van der Waals surface area contributed by atoms with Crippen molar-refractivity contribution in [3.8, 4) is 11.5 Å². The second-order valence-electron chi connectivity index (χ2n) is 5.98. The van der Waals surface area contributed by atoms with Crippen molar-refractivity contribution in [1.82, 2.24) is 0 Å². The number of methoxy groups -OCH3 is 1. The van der Waals surface area contributed by atoms with Gasteiger partial charge in [-0.3, -0.25) is 4.79 Å². The van der Waals surface area contributed by atoms with E-state index in [2.05, 4.69) is 0 Å². The van der Waals surface area contributed by atoms with Gasteiger partial charge in [-0.15, -0.1) is 0 Å². The molecule has 1 amide bonds. The fourth-order valence-electron chi connectivity index (χ4n) is 2.86. The van der Waals surface area contributed by atoms with Gasteiger partial charge in [0.05, 0.1) is 18.9 Å². The molecule has 0 saturated heterocycles. The van der Waals surface area contributed by atoms with E-state index in [0.29, 0.717) is 17.1 Å². The fourth-order valence-corrected chi connectivity index (χ4v) is 2.86. The number of carbonyl (C=O) groups is 1. The smallest absolute Gasteiger partial charge is 0.258 e. The van der Waals surface area contributed by atoms with E-state index in [-0.39, 0.29) is 12.0 Å². The standard InChI is InChI=1S/C20H21NO3/c1-13(2)24-19-14(8-7-11-18(19)23-4)12-16-15-9-5-6-10-17(15)21(3)20(16)22/h5-13H,1-4H3. The number of ether oxygens (including phenoxy) is 2. The minimum absolute atomic E-state index is 0.00712. The summed E-state index contributed by atoms with van der Waals surface area (Å²) in [5, 5.41) is 0. The predicted molar refractivity (Wildman–Crippen MR) is 96.5 cm³/mol. The van der Waals surface area contributed by atoms with Crippen molar-refractivity contribution in [3.05, 3.63) is 53.6 Å². The SMILES string of the molecule is COc1cccc(C=C2C(=O)N(C)c3ccccc32)c1OC(C)C. The molecule has 0 fully saturated rings. The Morgan fingerprint density at radius 2 is 1.83 bits per heavy atom. The number of para-hydroxylation sites is 2. The molecule has 0 saturated carbocycles. The molecule has 1 heterocycles. The summed E-state index contributed by atoms with van der Waals surface area (Å²) in [5.74, 6) is 1.29. The van der Waals surface area contributed by atoms with Gasteiger partial charge in [-0.1, -0.05) is 30.3 Å². The molecule has 1 aliphatic heterocycles. The van der Waals surface area contributed by atoms with Gasteiger partial charge in [-0.2, -0.15) is 0 Å². The number of fused-ring (bicyclic) bond motifs is 1. The molecule has 0 radical (unpaired) electrons. The van der Waals surface area contributed by atoms with E-state index < -0.39 is 0 Å².